The summed E-state index contributed by atoms with van der Waals surface area (Å²) in [6.07, 6.45) is 3.22. The van der Waals surface area contributed by atoms with Crippen LogP contribution in [0.25, 0.3) is 0 Å². The first-order valence-corrected chi connectivity index (χ1v) is 6.24. The fourth-order valence-electron chi connectivity index (χ4n) is 2.04. The lowest BCUT2D eigenvalue weighted by atomic mass is 10.1. The molecule has 0 aromatic carbocycles. The predicted molar refractivity (Wildman–Crippen MR) is 73.9 cm³/mol. The molecule has 0 fully saturated rings. The highest BCUT2D eigenvalue weighted by Crippen LogP contribution is 2.17. The molecule has 3 rings (SSSR count). The van der Waals surface area contributed by atoms with Crippen LogP contribution < -0.4 is 11.1 Å². The molecule has 20 heavy (non-hydrogen) atoms. The Bertz CT molecular complexity index is 720. The van der Waals surface area contributed by atoms with Gasteiger partial charge in [0.15, 0.2) is 0 Å². The van der Waals surface area contributed by atoms with Crippen LogP contribution in [0.2, 0.25) is 0 Å². The van der Waals surface area contributed by atoms with E-state index in [1.807, 2.05) is 6.92 Å². The Morgan fingerprint density at radius 3 is 3.00 bits per heavy atom. The molecule has 2 aromatic rings. The third kappa shape index (κ3) is 2.10. The number of amides is 1. The van der Waals surface area contributed by atoms with E-state index in [0.717, 1.165) is 5.56 Å². The quantitative estimate of drug-likeness (QED) is 0.683. The van der Waals surface area contributed by atoms with Gasteiger partial charge in [-0.3, -0.25) is 9.48 Å². The number of hydrogen-bond donors (Lipinski definition) is 2. The molecule has 0 aliphatic carbocycles. The Labute approximate surface area is 116 Å². The van der Waals surface area contributed by atoms with Crippen LogP contribution in [-0.2, 0) is 0 Å². The van der Waals surface area contributed by atoms with E-state index < -0.39 is 0 Å². The maximum atomic E-state index is 11.9. The van der Waals surface area contributed by atoms with Crippen molar-refractivity contribution < 1.29 is 4.79 Å². The van der Waals surface area contributed by atoms with Gasteiger partial charge in [-0.15, -0.1) is 0 Å². The molecular formula is C14H13N5O. The second-order valence-corrected chi connectivity index (χ2v) is 4.63. The number of carbonyl (C=O) groups is 1. The predicted octanol–water partition coefficient (Wildman–Crippen LogP) is 0.565. The zero-order chi connectivity index (χ0) is 14.1. The topological polar surface area (TPSA) is 85.8 Å². The number of nitrogens with one attached hydrogen (secondary N) is 1. The lowest BCUT2D eigenvalue weighted by Crippen LogP contribution is -2.38. The molecule has 0 bridgehead atoms. The van der Waals surface area contributed by atoms with Gasteiger partial charge in [-0.1, -0.05) is 11.8 Å². The third-order valence-electron chi connectivity index (χ3n) is 3.11. The highest BCUT2D eigenvalue weighted by molar-refractivity contribution is 5.95. The van der Waals surface area contributed by atoms with Gasteiger partial charge in [-0.05, 0) is 19.1 Å². The second kappa shape index (κ2) is 4.70. The van der Waals surface area contributed by atoms with Crippen LogP contribution >= 0.6 is 0 Å². The van der Waals surface area contributed by atoms with Crippen LogP contribution in [0.15, 0.2) is 24.5 Å². The molecule has 1 amide bonds. The number of nitrogen functional groups attached to an aromatic ring is 1. The van der Waals surface area contributed by atoms with E-state index in [1.165, 1.54) is 0 Å². The minimum atomic E-state index is -0.139. The van der Waals surface area contributed by atoms with Gasteiger partial charge in [0.1, 0.15) is 11.5 Å². The molecule has 0 spiro atoms. The zero-order valence-electron chi connectivity index (χ0n) is 10.9. The normalized spacial score (nSPS) is 16.9. The Kier molecular flexibility index (Phi) is 2.88. The highest BCUT2D eigenvalue weighted by atomic mass is 16.2. The third-order valence-corrected chi connectivity index (χ3v) is 3.11. The lowest BCUT2D eigenvalue weighted by Gasteiger charge is -2.21. The van der Waals surface area contributed by atoms with E-state index in [-0.39, 0.29) is 11.9 Å². The summed E-state index contributed by atoms with van der Waals surface area (Å²) in [5, 5.41) is 7.06. The van der Waals surface area contributed by atoms with Gasteiger partial charge in [0.05, 0.1) is 17.8 Å². The molecular weight excluding hydrogens is 254 g/mol. The minimum Gasteiger partial charge on any atom is -0.384 e. The van der Waals surface area contributed by atoms with E-state index in [1.54, 1.807) is 29.2 Å². The minimum absolute atomic E-state index is 0.136. The van der Waals surface area contributed by atoms with E-state index in [4.69, 9.17) is 5.73 Å². The molecule has 3 heterocycles. The van der Waals surface area contributed by atoms with E-state index >= 15 is 0 Å². The molecule has 1 aliphatic rings. The fraction of sp³-hybridized carbons (Fsp3) is 0.214. The van der Waals surface area contributed by atoms with Crippen LogP contribution in [-0.4, -0.2) is 27.2 Å². The average Bonchev–Trinajstić information content (AvgIpc) is 2.88. The van der Waals surface area contributed by atoms with Gasteiger partial charge in [0, 0.05) is 18.3 Å². The SMILES string of the molecule is C[C@H]1CNC(=O)c2c(C#Cc3ccc(N)nc3)cnn21. The largest absolute Gasteiger partial charge is 0.384 e. The summed E-state index contributed by atoms with van der Waals surface area (Å²) in [5.74, 6) is 6.23. The first kappa shape index (κ1) is 12.2. The summed E-state index contributed by atoms with van der Waals surface area (Å²) in [6, 6.07) is 3.61. The van der Waals surface area contributed by atoms with Crippen molar-refractivity contribution in [1.29, 1.82) is 0 Å². The molecule has 2 aromatic heterocycles. The van der Waals surface area contributed by atoms with Crippen molar-refractivity contribution in [2.24, 2.45) is 0 Å². The van der Waals surface area contributed by atoms with Gasteiger partial charge in [-0.2, -0.15) is 5.10 Å². The molecule has 6 nitrogen and oxygen atoms in total. The molecule has 100 valence electrons. The van der Waals surface area contributed by atoms with E-state index in [2.05, 4.69) is 27.2 Å². The van der Waals surface area contributed by atoms with Crippen molar-refractivity contribution in [1.82, 2.24) is 20.1 Å². The number of fused-ring (bicyclic) bond motifs is 1. The van der Waals surface area contributed by atoms with Gasteiger partial charge >= 0.3 is 0 Å². The molecule has 0 unspecified atom stereocenters. The molecule has 3 N–H and O–H groups in total. The number of anilines is 1. The molecule has 0 saturated carbocycles. The molecule has 6 heteroatoms. The molecule has 1 atom stereocenters. The van der Waals surface area contributed by atoms with Crippen molar-refractivity contribution in [3.05, 3.63) is 41.3 Å². The van der Waals surface area contributed by atoms with Crippen LogP contribution in [0.1, 0.15) is 34.6 Å². The Morgan fingerprint density at radius 2 is 2.25 bits per heavy atom. The van der Waals surface area contributed by atoms with Crippen molar-refractivity contribution in [2.45, 2.75) is 13.0 Å². The van der Waals surface area contributed by atoms with Crippen molar-refractivity contribution in [2.75, 3.05) is 12.3 Å². The van der Waals surface area contributed by atoms with E-state index in [9.17, 15) is 4.79 Å². The summed E-state index contributed by atoms with van der Waals surface area (Å²) >= 11 is 0. The molecule has 0 radical (unpaired) electrons. The summed E-state index contributed by atoms with van der Waals surface area (Å²) in [4.78, 5) is 15.9. The first-order chi connectivity index (χ1) is 9.65. The zero-order valence-corrected chi connectivity index (χ0v) is 10.9. The maximum absolute atomic E-state index is 11.9. The number of rotatable bonds is 0. The van der Waals surface area contributed by atoms with Crippen molar-refractivity contribution in [3.8, 4) is 11.8 Å². The van der Waals surface area contributed by atoms with Crippen LogP contribution in [0.4, 0.5) is 5.82 Å². The Morgan fingerprint density at radius 1 is 1.40 bits per heavy atom. The van der Waals surface area contributed by atoms with Crippen LogP contribution in [0, 0.1) is 11.8 Å². The number of hydrogen-bond acceptors (Lipinski definition) is 4. The smallest absolute Gasteiger partial charge is 0.270 e. The number of pyridine rings is 1. The highest BCUT2D eigenvalue weighted by Gasteiger charge is 2.25. The fourth-order valence-corrected chi connectivity index (χ4v) is 2.04. The summed E-state index contributed by atoms with van der Waals surface area (Å²) in [5.41, 5.74) is 7.39. The van der Waals surface area contributed by atoms with Crippen molar-refractivity contribution >= 4 is 11.7 Å². The summed E-state index contributed by atoms with van der Waals surface area (Å²) in [7, 11) is 0. The standard InChI is InChI=1S/C14H13N5O/c1-9-6-17-14(20)13-11(8-18-19(9)13)4-2-10-3-5-12(15)16-7-10/h3,5,7-9H,6H2,1H3,(H2,15,16)(H,17,20)/t9-/m0/s1. The lowest BCUT2D eigenvalue weighted by molar-refractivity contribution is 0.0912. The summed E-state index contributed by atoms with van der Waals surface area (Å²) < 4.78 is 1.71. The number of aromatic nitrogens is 3. The number of nitrogens with zero attached hydrogens (tertiary/aromatic N) is 3. The maximum Gasteiger partial charge on any atom is 0.270 e. The molecule has 0 saturated heterocycles. The van der Waals surface area contributed by atoms with Crippen molar-refractivity contribution in [3.63, 3.8) is 0 Å². The van der Waals surface area contributed by atoms with Crippen LogP contribution in [0.5, 0.6) is 0 Å². The number of nitrogens with two attached hydrogens (primary N) is 1. The Hall–Kier alpha value is -2.81. The average molecular weight is 267 g/mol. The monoisotopic (exact) mass is 267 g/mol. The molecule has 1 aliphatic heterocycles. The summed E-state index contributed by atoms with van der Waals surface area (Å²) in [6.45, 7) is 2.58. The van der Waals surface area contributed by atoms with Gasteiger partial charge in [0.2, 0.25) is 0 Å². The Balaban J connectivity index is 1.97. The second-order valence-electron chi connectivity index (χ2n) is 4.63. The first-order valence-electron chi connectivity index (χ1n) is 6.24. The number of carbonyl (C=O) groups excluding carboxylic acids is 1. The van der Waals surface area contributed by atoms with Gasteiger partial charge < -0.3 is 11.1 Å². The van der Waals surface area contributed by atoms with Gasteiger partial charge in [-0.25, -0.2) is 4.98 Å². The van der Waals surface area contributed by atoms with Gasteiger partial charge in [0.25, 0.3) is 5.91 Å². The van der Waals surface area contributed by atoms with E-state index in [0.29, 0.717) is 23.6 Å². The van der Waals surface area contributed by atoms with Crippen LogP contribution in [0.3, 0.4) is 0 Å².